The van der Waals surface area contributed by atoms with E-state index in [1.807, 2.05) is 38.1 Å². The van der Waals surface area contributed by atoms with Crippen molar-refractivity contribution >= 4 is 0 Å². The number of rotatable bonds is 4. The van der Waals surface area contributed by atoms with E-state index in [4.69, 9.17) is 0 Å². The first-order chi connectivity index (χ1) is 8.66. The Balaban J connectivity index is 2.26. The van der Waals surface area contributed by atoms with E-state index >= 15 is 0 Å². The van der Waals surface area contributed by atoms with Crippen LogP contribution in [0.4, 0.5) is 4.39 Å². The minimum atomic E-state index is -0.178. The summed E-state index contributed by atoms with van der Waals surface area (Å²) in [5.74, 6) is -0.178. The highest BCUT2D eigenvalue weighted by Gasteiger charge is 2.06. The van der Waals surface area contributed by atoms with Crippen molar-refractivity contribution in [3.63, 3.8) is 0 Å². The highest BCUT2D eigenvalue weighted by molar-refractivity contribution is 5.59. The van der Waals surface area contributed by atoms with Gasteiger partial charge in [0.15, 0.2) is 0 Å². The van der Waals surface area contributed by atoms with Crippen LogP contribution >= 0.6 is 0 Å². The molecule has 1 aromatic heterocycles. The van der Waals surface area contributed by atoms with Gasteiger partial charge in [-0.25, -0.2) is 4.39 Å². The summed E-state index contributed by atoms with van der Waals surface area (Å²) in [7, 11) is 0. The minimum absolute atomic E-state index is 0.178. The minimum Gasteiger partial charge on any atom is -0.310 e. The van der Waals surface area contributed by atoms with Crippen LogP contribution in [0.2, 0.25) is 0 Å². The molecule has 1 heterocycles. The number of aromatic nitrogens is 1. The summed E-state index contributed by atoms with van der Waals surface area (Å²) in [5, 5.41) is 3.22. The molecular weight excluding hydrogens is 227 g/mol. The molecule has 0 atom stereocenters. The molecule has 3 heteroatoms. The highest BCUT2D eigenvalue weighted by Crippen LogP contribution is 2.20. The van der Waals surface area contributed by atoms with Crippen LogP contribution in [0.25, 0.3) is 11.3 Å². The zero-order valence-corrected chi connectivity index (χ0v) is 10.7. The maximum absolute atomic E-state index is 13.7. The lowest BCUT2D eigenvalue weighted by molar-refractivity contribution is 0.553. The molecular formula is C15H17FN2. The van der Waals surface area contributed by atoms with Crippen LogP contribution in [0.5, 0.6) is 0 Å². The molecule has 2 nitrogen and oxygen atoms in total. The van der Waals surface area contributed by atoms with Crippen LogP contribution in [0.3, 0.4) is 0 Å². The quantitative estimate of drug-likeness (QED) is 0.891. The Labute approximate surface area is 107 Å². The third-order valence-corrected chi connectivity index (χ3v) is 2.71. The van der Waals surface area contributed by atoms with E-state index in [0.29, 0.717) is 18.2 Å². The zero-order chi connectivity index (χ0) is 13.0. The molecule has 0 unspecified atom stereocenters. The Hall–Kier alpha value is -1.74. The lowest BCUT2D eigenvalue weighted by Gasteiger charge is -2.10. The summed E-state index contributed by atoms with van der Waals surface area (Å²) in [6.07, 6.45) is 1.74. The third-order valence-electron chi connectivity index (χ3n) is 2.71. The predicted molar refractivity (Wildman–Crippen MR) is 71.6 cm³/mol. The normalized spacial score (nSPS) is 10.9. The average Bonchev–Trinajstić information content (AvgIpc) is 2.38. The van der Waals surface area contributed by atoms with Gasteiger partial charge in [-0.1, -0.05) is 19.9 Å². The van der Waals surface area contributed by atoms with Crippen molar-refractivity contribution in [3.8, 4) is 11.3 Å². The van der Waals surface area contributed by atoms with Gasteiger partial charge in [0, 0.05) is 29.9 Å². The van der Waals surface area contributed by atoms with Gasteiger partial charge in [-0.15, -0.1) is 0 Å². The smallest absolute Gasteiger partial charge is 0.127 e. The summed E-state index contributed by atoms with van der Waals surface area (Å²) in [5.41, 5.74) is 2.48. The molecule has 0 saturated carbocycles. The third kappa shape index (κ3) is 3.14. The Morgan fingerprint density at radius 3 is 2.72 bits per heavy atom. The van der Waals surface area contributed by atoms with Crippen LogP contribution in [-0.4, -0.2) is 11.0 Å². The largest absolute Gasteiger partial charge is 0.310 e. The fourth-order valence-corrected chi connectivity index (χ4v) is 1.72. The van der Waals surface area contributed by atoms with Crippen LogP contribution in [0, 0.1) is 5.82 Å². The first-order valence-corrected chi connectivity index (χ1v) is 6.10. The number of benzene rings is 1. The van der Waals surface area contributed by atoms with Crippen molar-refractivity contribution in [1.82, 2.24) is 10.3 Å². The van der Waals surface area contributed by atoms with Gasteiger partial charge in [-0.2, -0.15) is 0 Å². The summed E-state index contributed by atoms with van der Waals surface area (Å²) in [4.78, 5) is 4.27. The monoisotopic (exact) mass is 244 g/mol. The van der Waals surface area contributed by atoms with E-state index in [-0.39, 0.29) is 5.82 Å². The maximum atomic E-state index is 13.7. The van der Waals surface area contributed by atoms with Crippen molar-refractivity contribution in [1.29, 1.82) is 0 Å². The van der Waals surface area contributed by atoms with Gasteiger partial charge in [-0.3, -0.25) is 4.98 Å². The second-order valence-corrected chi connectivity index (χ2v) is 4.56. The van der Waals surface area contributed by atoms with Crippen LogP contribution in [-0.2, 0) is 6.54 Å². The molecule has 2 aromatic rings. The topological polar surface area (TPSA) is 24.9 Å². The predicted octanol–water partition coefficient (Wildman–Crippen LogP) is 3.39. The van der Waals surface area contributed by atoms with E-state index in [9.17, 15) is 4.39 Å². The molecule has 0 bridgehead atoms. The molecule has 0 aliphatic carbocycles. The van der Waals surface area contributed by atoms with E-state index < -0.39 is 0 Å². The van der Waals surface area contributed by atoms with Crippen molar-refractivity contribution in [2.45, 2.75) is 26.4 Å². The molecule has 0 saturated heterocycles. The molecule has 1 aromatic carbocycles. The Bertz CT molecular complexity index is 509. The average molecular weight is 244 g/mol. The first kappa shape index (κ1) is 12.7. The summed E-state index contributed by atoms with van der Waals surface area (Å²) < 4.78 is 13.7. The van der Waals surface area contributed by atoms with E-state index in [0.717, 1.165) is 11.3 Å². The number of hydrogen-bond acceptors (Lipinski definition) is 2. The van der Waals surface area contributed by atoms with Crippen molar-refractivity contribution in [2.24, 2.45) is 0 Å². The van der Waals surface area contributed by atoms with E-state index in [1.54, 1.807) is 12.3 Å². The first-order valence-electron chi connectivity index (χ1n) is 6.10. The Kier molecular flexibility index (Phi) is 4.05. The lowest BCUT2D eigenvalue weighted by Crippen LogP contribution is -2.22. The number of hydrogen-bond donors (Lipinski definition) is 1. The van der Waals surface area contributed by atoms with Crippen LogP contribution in [0.15, 0.2) is 42.6 Å². The summed E-state index contributed by atoms with van der Waals surface area (Å²) >= 11 is 0. The maximum Gasteiger partial charge on any atom is 0.127 e. The second kappa shape index (κ2) is 5.74. The highest BCUT2D eigenvalue weighted by atomic mass is 19.1. The van der Waals surface area contributed by atoms with Gasteiger partial charge in [0.1, 0.15) is 5.82 Å². The molecule has 94 valence electrons. The second-order valence-electron chi connectivity index (χ2n) is 4.56. The standard InChI is InChI=1S/C15H17FN2/c1-11(2)18-10-13-9-12(6-7-14(13)16)15-5-3-4-8-17-15/h3-9,11,18H,10H2,1-2H3. The molecule has 1 N–H and O–H groups in total. The SMILES string of the molecule is CC(C)NCc1cc(-c2ccccn2)ccc1F. The van der Waals surface area contributed by atoms with Gasteiger partial charge in [0.05, 0.1) is 5.69 Å². The number of nitrogens with zero attached hydrogens (tertiary/aromatic N) is 1. The number of pyridine rings is 1. The fraction of sp³-hybridized carbons (Fsp3) is 0.267. The van der Waals surface area contributed by atoms with Crippen molar-refractivity contribution < 1.29 is 4.39 Å². The summed E-state index contributed by atoms with van der Waals surface area (Å²) in [6, 6.07) is 11.2. The molecule has 0 amide bonds. The Morgan fingerprint density at radius 1 is 1.22 bits per heavy atom. The molecule has 0 radical (unpaired) electrons. The molecule has 0 fully saturated rings. The van der Waals surface area contributed by atoms with Gasteiger partial charge in [-0.05, 0) is 30.3 Å². The van der Waals surface area contributed by atoms with Gasteiger partial charge in [0.2, 0.25) is 0 Å². The van der Waals surface area contributed by atoms with Crippen molar-refractivity contribution in [3.05, 3.63) is 54.0 Å². The molecule has 0 aliphatic rings. The fourth-order valence-electron chi connectivity index (χ4n) is 1.72. The molecule has 0 spiro atoms. The summed E-state index contributed by atoms with van der Waals surface area (Å²) in [6.45, 7) is 4.62. The lowest BCUT2D eigenvalue weighted by atomic mass is 10.1. The molecule has 2 rings (SSSR count). The Morgan fingerprint density at radius 2 is 2.06 bits per heavy atom. The van der Waals surface area contributed by atoms with Gasteiger partial charge >= 0.3 is 0 Å². The zero-order valence-electron chi connectivity index (χ0n) is 10.7. The number of halogens is 1. The van der Waals surface area contributed by atoms with E-state index in [1.165, 1.54) is 6.07 Å². The molecule has 18 heavy (non-hydrogen) atoms. The van der Waals surface area contributed by atoms with Gasteiger partial charge in [0.25, 0.3) is 0 Å². The molecule has 0 aliphatic heterocycles. The van der Waals surface area contributed by atoms with Gasteiger partial charge < -0.3 is 5.32 Å². The van der Waals surface area contributed by atoms with Crippen LogP contribution in [0.1, 0.15) is 19.4 Å². The van der Waals surface area contributed by atoms with Crippen LogP contribution < -0.4 is 5.32 Å². The number of nitrogens with one attached hydrogen (secondary N) is 1. The van der Waals surface area contributed by atoms with Crippen molar-refractivity contribution in [2.75, 3.05) is 0 Å². The van der Waals surface area contributed by atoms with E-state index in [2.05, 4.69) is 10.3 Å².